The Bertz CT molecular complexity index is 702. The average molecular weight is 340 g/mol. The summed E-state index contributed by atoms with van der Waals surface area (Å²) in [7, 11) is -2.94. The number of Topliss-reactive ketones (excluding diaryl/α,β-unsaturated/α-hetero) is 1. The molecule has 2 aliphatic rings. The predicted octanol–water partition coefficient (Wildman–Crippen LogP) is 0.979. The SMILES string of the molecule is Cc1cc(C(=O)CN2CCOCC2)c(C)n1C1CCS(=O)(=O)C1. The third-order valence-corrected chi connectivity index (χ3v) is 6.58. The van der Waals surface area contributed by atoms with Crippen molar-refractivity contribution in [1.82, 2.24) is 9.47 Å². The smallest absolute Gasteiger partial charge is 0.178 e. The number of aromatic nitrogens is 1. The van der Waals surface area contributed by atoms with Crippen LogP contribution in [0.15, 0.2) is 6.07 Å². The van der Waals surface area contributed by atoms with E-state index in [0.29, 0.717) is 26.2 Å². The van der Waals surface area contributed by atoms with Crippen molar-refractivity contribution >= 4 is 15.6 Å². The standard InChI is InChI=1S/C16H24N2O4S/c1-12-9-15(16(19)10-17-4-6-22-7-5-17)13(2)18(12)14-3-8-23(20,21)11-14/h9,14H,3-8,10-11H2,1-2H3. The third-order valence-electron chi connectivity index (χ3n) is 4.83. The maximum absolute atomic E-state index is 12.6. The maximum Gasteiger partial charge on any atom is 0.178 e. The second-order valence-electron chi connectivity index (χ2n) is 6.52. The predicted molar refractivity (Wildman–Crippen MR) is 87.8 cm³/mol. The number of rotatable bonds is 4. The molecule has 0 bridgehead atoms. The molecule has 6 nitrogen and oxygen atoms in total. The summed E-state index contributed by atoms with van der Waals surface area (Å²) in [5.41, 5.74) is 2.58. The summed E-state index contributed by atoms with van der Waals surface area (Å²) in [6.45, 7) is 7.18. The minimum Gasteiger partial charge on any atom is -0.379 e. The van der Waals surface area contributed by atoms with Crippen LogP contribution in [0.3, 0.4) is 0 Å². The molecule has 1 unspecified atom stereocenters. The van der Waals surface area contributed by atoms with E-state index in [4.69, 9.17) is 4.74 Å². The topological polar surface area (TPSA) is 68.6 Å². The zero-order valence-corrected chi connectivity index (χ0v) is 14.6. The Balaban J connectivity index is 1.78. The van der Waals surface area contributed by atoms with Crippen molar-refractivity contribution in [2.45, 2.75) is 26.3 Å². The van der Waals surface area contributed by atoms with E-state index < -0.39 is 9.84 Å². The van der Waals surface area contributed by atoms with Crippen LogP contribution < -0.4 is 0 Å². The van der Waals surface area contributed by atoms with Crippen molar-refractivity contribution in [3.8, 4) is 0 Å². The van der Waals surface area contributed by atoms with Crippen molar-refractivity contribution in [2.24, 2.45) is 0 Å². The zero-order valence-electron chi connectivity index (χ0n) is 13.7. The molecule has 0 spiro atoms. The highest BCUT2D eigenvalue weighted by molar-refractivity contribution is 7.91. The van der Waals surface area contributed by atoms with Crippen molar-refractivity contribution in [3.63, 3.8) is 0 Å². The molecule has 2 fully saturated rings. The summed E-state index contributed by atoms with van der Waals surface area (Å²) in [6.07, 6.45) is 0.635. The first kappa shape index (κ1) is 16.7. The first-order valence-corrected chi connectivity index (χ1v) is 9.92. The van der Waals surface area contributed by atoms with Crippen LogP contribution in [0.4, 0.5) is 0 Å². The van der Waals surface area contributed by atoms with Gasteiger partial charge in [-0.05, 0) is 26.3 Å². The second-order valence-corrected chi connectivity index (χ2v) is 8.75. The summed E-state index contributed by atoms with van der Waals surface area (Å²) >= 11 is 0. The highest BCUT2D eigenvalue weighted by Crippen LogP contribution is 2.29. The summed E-state index contributed by atoms with van der Waals surface area (Å²) in [5.74, 6) is 0.527. The van der Waals surface area contributed by atoms with E-state index in [0.717, 1.165) is 30.0 Å². The lowest BCUT2D eigenvalue weighted by molar-refractivity contribution is 0.0371. The molecule has 1 aromatic heterocycles. The van der Waals surface area contributed by atoms with Gasteiger partial charge in [0.15, 0.2) is 15.6 Å². The molecule has 1 atom stereocenters. The lowest BCUT2D eigenvalue weighted by Gasteiger charge is -2.25. The normalized spacial score (nSPS) is 24.9. The highest BCUT2D eigenvalue weighted by Gasteiger charge is 2.31. The summed E-state index contributed by atoms with van der Waals surface area (Å²) < 4.78 is 30.8. The van der Waals surface area contributed by atoms with E-state index in [1.807, 2.05) is 24.5 Å². The molecule has 2 saturated heterocycles. The molecule has 0 aliphatic carbocycles. The Morgan fingerprint density at radius 2 is 2.00 bits per heavy atom. The van der Waals surface area contributed by atoms with Gasteiger partial charge in [-0.25, -0.2) is 8.42 Å². The van der Waals surface area contributed by atoms with E-state index in [-0.39, 0.29) is 23.3 Å². The molecule has 128 valence electrons. The molecule has 23 heavy (non-hydrogen) atoms. The fourth-order valence-corrected chi connectivity index (χ4v) is 5.35. The molecule has 0 N–H and O–H groups in total. The summed E-state index contributed by atoms with van der Waals surface area (Å²) in [6, 6.07) is 1.87. The fraction of sp³-hybridized carbons (Fsp3) is 0.688. The van der Waals surface area contributed by atoms with Gasteiger partial charge >= 0.3 is 0 Å². The molecule has 7 heteroatoms. The molecule has 0 saturated carbocycles. The Morgan fingerprint density at radius 1 is 1.30 bits per heavy atom. The third kappa shape index (κ3) is 3.51. The van der Waals surface area contributed by atoms with Gasteiger partial charge in [0, 0.05) is 36.1 Å². The highest BCUT2D eigenvalue weighted by atomic mass is 32.2. The average Bonchev–Trinajstić information content (AvgIpc) is 2.99. The molecular formula is C16H24N2O4S. The maximum atomic E-state index is 12.6. The van der Waals surface area contributed by atoms with Gasteiger partial charge in [0.1, 0.15) is 0 Å². The van der Waals surface area contributed by atoms with E-state index in [2.05, 4.69) is 4.90 Å². The number of carbonyl (C=O) groups is 1. The van der Waals surface area contributed by atoms with E-state index in [1.165, 1.54) is 0 Å². The van der Waals surface area contributed by atoms with Crippen LogP contribution in [0.5, 0.6) is 0 Å². The lowest BCUT2D eigenvalue weighted by Crippen LogP contribution is -2.39. The van der Waals surface area contributed by atoms with E-state index in [1.54, 1.807) is 0 Å². The van der Waals surface area contributed by atoms with Crippen molar-refractivity contribution < 1.29 is 17.9 Å². The van der Waals surface area contributed by atoms with Crippen LogP contribution in [-0.4, -0.2) is 68.0 Å². The Hall–Kier alpha value is -1.18. The first-order chi connectivity index (χ1) is 10.9. The van der Waals surface area contributed by atoms with Crippen LogP contribution in [0.1, 0.15) is 34.2 Å². The molecule has 0 amide bonds. The number of hydrogen-bond donors (Lipinski definition) is 0. The fourth-order valence-electron chi connectivity index (χ4n) is 3.65. The van der Waals surface area contributed by atoms with Crippen LogP contribution >= 0.6 is 0 Å². The molecule has 2 aliphatic heterocycles. The minimum atomic E-state index is -2.94. The quantitative estimate of drug-likeness (QED) is 0.764. The van der Waals surface area contributed by atoms with Crippen molar-refractivity contribution in [2.75, 3.05) is 44.4 Å². The number of nitrogens with zero attached hydrogens (tertiary/aromatic N) is 2. The summed E-state index contributed by atoms with van der Waals surface area (Å²) in [5, 5.41) is 0. The van der Waals surface area contributed by atoms with Gasteiger partial charge in [0.25, 0.3) is 0 Å². The lowest BCUT2D eigenvalue weighted by atomic mass is 10.1. The van der Waals surface area contributed by atoms with Gasteiger partial charge in [0.2, 0.25) is 0 Å². The number of hydrogen-bond acceptors (Lipinski definition) is 5. The van der Waals surface area contributed by atoms with Crippen molar-refractivity contribution in [3.05, 3.63) is 23.0 Å². The number of morpholine rings is 1. The van der Waals surface area contributed by atoms with E-state index >= 15 is 0 Å². The van der Waals surface area contributed by atoms with E-state index in [9.17, 15) is 13.2 Å². The monoisotopic (exact) mass is 340 g/mol. The number of ketones is 1. The zero-order chi connectivity index (χ0) is 16.6. The van der Waals surface area contributed by atoms with Crippen LogP contribution in [0.2, 0.25) is 0 Å². The number of ether oxygens (including phenoxy) is 1. The van der Waals surface area contributed by atoms with Gasteiger partial charge in [0.05, 0.1) is 31.3 Å². The first-order valence-electron chi connectivity index (χ1n) is 8.09. The Kier molecular flexibility index (Phi) is 4.62. The molecular weight excluding hydrogens is 316 g/mol. The second kappa shape index (κ2) is 6.37. The van der Waals surface area contributed by atoms with Crippen LogP contribution in [-0.2, 0) is 14.6 Å². The number of aryl methyl sites for hydroxylation is 1. The molecule has 0 radical (unpaired) electrons. The largest absolute Gasteiger partial charge is 0.379 e. The van der Waals surface area contributed by atoms with Crippen LogP contribution in [0, 0.1) is 13.8 Å². The molecule has 3 heterocycles. The van der Waals surface area contributed by atoms with Gasteiger partial charge in [-0.1, -0.05) is 0 Å². The summed E-state index contributed by atoms with van der Waals surface area (Å²) in [4.78, 5) is 14.7. The van der Waals surface area contributed by atoms with Gasteiger partial charge in [-0.2, -0.15) is 0 Å². The van der Waals surface area contributed by atoms with Crippen LogP contribution in [0.25, 0.3) is 0 Å². The Morgan fingerprint density at radius 3 is 2.61 bits per heavy atom. The minimum absolute atomic E-state index is 0.0371. The molecule has 1 aromatic rings. The molecule has 0 aromatic carbocycles. The van der Waals surface area contributed by atoms with Crippen molar-refractivity contribution in [1.29, 1.82) is 0 Å². The number of sulfone groups is 1. The number of carbonyl (C=O) groups excluding carboxylic acids is 1. The van der Waals surface area contributed by atoms with Gasteiger partial charge < -0.3 is 9.30 Å². The van der Waals surface area contributed by atoms with Gasteiger partial charge in [-0.15, -0.1) is 0 Å². The molecule has 3 rings (SSSR count). The Labute approximate surface area is 137 Å². The van der Waals surface area contributed by atoms with Gasteiger partial charge in [-0.3, -0.25) is 9.69 Å².